The third-order valence-corrected chi connectivity index (χ3v) is 3.02. The van der Waals surface area contributed by atoms with Crippen LogP contribution in [0.2, 0.25) is 0 Å². The SMILES string of the molecule is COC(=O)c1ccccc1N(CCNC(=O)NC(C)C)C(C)=O. The van der Waals surface area contributed by atoms with Gasteiger partial charge in [-0.2, -0.15) is 0 Å². The summed E-state index contributed by atoms with van der Waals surface area (Å²) in [6.07, 6.45) is 0. The first kappa shape index (κ1) is 18.5. The Labute approximate surface area is 136 Å². The molecule has 0 unspecified atom stereocenters. The molecule has 1 aromatic rings. The van der Waals surface area contributed by atoms with Gasteiger partial charge in [0.15, 0.2) is 0 Å². The van der Waals surface area contributed by atoms with E-state index in [0.717, 1.165) is 0 Å². The molecule has 0 spiro atoms. The number of hydrogen-bond acceptors (Lipinski definition) is 4. The second kappa shape index (κ2) is 8.77. The minimum absolute atomic E-state index is 0.0268. The Balaban J connectivity index is 2.82. The van der Waals surface area contributed by atoms with Crippen molar-refractivity contribution in [3.63, 3.8) is 0 Å². The number of carbonyl (C=O) groups excluding carboxylic acids is 3. The van der Waals surface area contributed by atoms with Crippen molar-refractivity contribution in [2.24, 2.45) is 0 Å². The van der Waals surface area contributed by atoms with Gasteiger partial charge in [-0.25, -0.2) is 9.59 Å². The quantitative estimate of drug-likeness (QED) is 0.778. The second-order valence-electron chi connectivity index (χ2n) is 5.23. The maximum atomic E-state index is 11.9. The molecule has 23 heavy (non-hydrogen) atoms. The normalized spacial score (nSPS) is 10.1. The molecule has 3 amide bonds. The zero-order valence-corrected chi connectivity index (χ0v) is 13.9. The van der Waals surface area contributed by atoms with Crippen molar-refractivity contribution in [1.82, 2.24) is 10.6 Å². The summed E-state index contributed by atoms with van der Waals surface area (Å²) >= 11 is 0. The van der Waals surface area contributed by atoms with E-state index in [0.29, 0.717) is 11.3 Å². The first-order chi connectivity index (χ1) is 10.9. The number of methoxy groups -OCH3 is 1. The maximum Gasteiger partial charge on any atom is 0.339 e. The Morgan fingerprint density at radius 3 is 2.43 bits per heavy atom. The first-order valence-corrected chi connectivity index (χ1v) is 7.36. The minimum Gasteiger partial charge on any atom is -0.465 e. The van der Waals surface area contributed by atoms with E-state index in [-0.39, 0.29) is 31.1 Å². The number of ether oxygens (including phenoxy) is 1. The zero-order valence-electron chi connectivity index (χ0n) is 13.9. The van der Waals surface area contributed by atoms with Crippen LogP contribution in [0.1, 0.15) is 31.1 Å². The minimum atomic E-state index is -0.516. The van der Waals surface area contributed by atoms with E-state index >= 15 is 0 Å². The summed E-state index contributed by atoms with van der Waals surface area (Å²) in [6.45, 7) is 5.62. The molecule has 1 rings (SSSR count). The molecule has 0 heterocycles. The Hall–Kier alpha value is -2.57. The van der Waals surface area contributed by atoms with Gasteiger partial charge in [-0.15, -0.1) is 0 Å². The fraction of sp³-hybridized carbons (Fsp3) is 0.438. The van der Waals surface area contributed by atoms with E-state index < -0.39 is 5.97 Å². The molecule has 0 saturated carbocycles. The van der Waals surface area contributed by atoms with Gasteiger partial charge < -0.3 is 20.3 Å². The number of hydrogen-bond donors (Lipinski definition) is 2. The molecule has 0 fully saturated rings. The lowest BCUT2D eigenvalue weighted by Gasteiger charge is -2.23. The summed E-state index contributed by atoms with van der Waals surface area (Å²) in [6, 6.07) is 6.42. The van der Waals surface area contributed by atoms with Crippen molar-refractivity contribution < 1.29 is 19.1 Å². The summed E-state index contributed by atoms with van der Waals surface area (Å²) < 4.78 is 4.74. The number of nitrogens with zero attached hydrogens (tertiary/aromatic N) is 1. The van der Waals surface area contributed by atoms with E-state index in [1.807, 2.05) is 13.8 Å². The molecule has 0 aromatic heterocycles. The summed E-state index contributed by atoms with van der Waals surface area (Å²) in [5.41, 5.74) is 0.759. The molecule has 7 heteroatoms. The molecule has 0 aliphatic rings. The van der Waals surface area contributed by atoms with Gasteiger partial charge in [-0.05, 0) is 26.0 Å². The molecule has 126 valence electrons. The maximum absolute atomic E-state index is 11.9. The number of para-hydroxylation sites is 1. The highest BCUT2D eigenvalue weighted by Gasteiger charge is 2.19. The Morgan fingerprint density at radius 1 is 1.22 bits per heavy atom. The van der Waals surface area contributed by atoms with Gasteiger partial charge in [0, 0.05) is 26.1 Å². The van der Waals surface area contributed by atoms with Crippen molar-refractivity contribution in [3.05, 3.63) is 29.8 Å². The number of rotatable bonds is 6. The molecule has 0 saturated heterocycles. The lowest BCUT2D eigenvalue weighted by atomic mass is 10.1. The summed E-state index contributed by atoms with van der Waals surface area (Å²) in [5.74, 6) is -0.746. The summed E-state index contributed by atoms with van der Waals surface area (Å²) in [5, 5.41) is 5.37. The third-order valence-electron chi connectivity index (χ3n) is 3.02. The van der Waals surface area contributed by atoms with Crippen molar-refractivity contribution >= 4 is 23.6 Å². The second-order valence-corrected chi connectivity index (χ2v) is 5.23. The van der Waals surface area contributed by atoms with Gasteiger partial charge in [0.25, 0.3) is 0 Å². The highest BCUT2D eigenvalue weighted by atomic mass is 16.5. The predicted octanol–water partition coefficient (Wildman–Crippen LogP) is 1.53. The van der Waals surface area contributed by atoms with Gasteiger partial charge >= 0.3 is 12.0 Å². The lowest BCUT2D eigenvalue weighted by Crippen LogP contribution is -2.44. The summed E-state index contributed by atoms with van der Waals surface area (Å²) in [4.78, 5) is 36.7. The molecular formula is C16H23N3O4. The largest absolute Gasteiger partial charge is 0.465 e. The van der Waals surface area contributed by atoms with Crippen LogP contribution < -0.4 is 15.5 Å². The van der Waals surface area contributed by atoms with E-state index in [9.17, 15) is 14.4 Å². The topological polar surface area (TPSA) is 87.7 Å². The van der Waals surface area contributed by atoms with Crippen molar-refractivity contribution in [3.8, 4) is 0 Å². The van der Waals surface area contributed by atoms with Crippen LogP contribution in [0.4, 0.5) is 10.5 Å². The molecule has 0 atom stereocenters. The van der Waals surface area contributed by atoms with Gasteiger partial charge in [-0.3, -0.25) is 4.79 Å². The Morgan fingerprint density at radius 2 is 1.87 bits per heavy atom. The van der Waals surface area contributed by atoms with Gasteiger partial charge in [0.2, 0.25) is 5.91 Å². The smallest absolute Gasteiger partial charge is 0.339 e. The van der Waals surface area contributed by atoms with Crippen LogP contribution in [0.5, 0.6) is 0 Å². The van der Waals surface area contributed by atoms with Crippen LogP contribution in [-0.2, 0) is 9.53 Å². The number of nitrogens with one attached hydrogen (secondary N) is 2. The molecular weight excluding hydrogens is 298 g/mol. The first-order valence-electron chi connectivity index (χ1n) is 7.36. The molecule has 0 radical (unpaired) electrons. The number of anilines is 1. The van der Waals surface area contributed by atoms with Crippen molar-refractivity contribution in [2.45, 2.75) is 26.8 Å². The fourth-order valence-corrected chi connectivity index (χ4v) is 2.03. The number of esters is 1. The van der Waals surface area contributed by atoms with E-state index in [4.69, 9.17) is 4.74 Å². The van der Waals surface area contributed by atoms with Crippen LogP contribution in [0, 0.1) is 0 Å². The van der Waals surface area contributed by atoms with Crippen LogP contribution in [0.25, 0.3) is 0 Å². The fourth-order valence-electron chi connectivity index (χ4n) is 2.03. The van der Waals surface area contributed by atoms with Crippen LogP contribution in [0.15, 0.2) is 24.3 Å². The Bertz CT molecular complexity index is 572. The van der Waals surface area contributed by atoms with Gasteiger partial charge in [0.1, 0.15) is 0 Å². The molecule has 2 N–H and O–H groups in total. The molecule has 0 aliphatic heterocycles. The van der Waals surface area contributed by atoms with Crippen LogP contribution in [-0.4, -0.2) is 44.1 Å². The molecule has 0 aliphatic carbocycles. The molecule has 1 aromatic carbocycles. The predicted molar refractivity (Wildman–Crippen MR) is 87.5 cm³/mol. The Kier molecular flexibility index (Phi) is 7.05. The standard InChI is InChI=1S/C16H23N3O4/c1-11(2)18-16(22)17-9-10-19(12(3)20)14-8-6-5-7-13(14)15(21)23-4/h5-8,11H,9-10H2,1-4H3,(H2,17,18,22). The lowest BCUT2D eigenvalue weighted by molar-refractivity contribution is -0.116. The average molecular weight is 321 g/mol. The van der Waals surface area contributed by atoms with E-state index in [2.05, 4.69) is 10.6 Å². The number of benzene rings is 1. The van der Waals surface area contributed by atoms with Crippen LogP contribution >= 0.6 is 0 Å². The van der Waals surface area contributed by atoms with E-state index in [1.165, 1.54) is 18.9 Å². The molecule has 0 bridgehead atoms. The average Bonchev–Trinajstić information content (AvgIpc) is 2.49. The van der Waals surface area contributed by atoms with Crippen molar-refractivity contribution in [2.75, 3.05) is 25.1 Å². The third kappa shape index (κ3) is 5.61. The number of urea groups is 1. The van der Waals surface area contributed by atoms with Crippen LogP contribution in [0.3, 0.4) is 0 Å². The molecule has 7 nitrogen and oxygen atoms in total. The van der Waals surface area contributed by atoms with Gasteiger partial charge in [0.05, 0.1) is 18.4 Å². The highest BCUT2D eigenvalue weighted by Crippen LogP contribution is 2.21. The monoisotopic (exact) mass is 321 g/mol. The summed E-state index contributed by atoms with van der Waals surface area (Å²) in [7, 11) is 1.29. The number of amides is 3. The number of carbonyl (C=O) groups is 3. The highest BCUT2D eigenvalue weighted by molar-refractivity contribution is 6.01. The van der Waals surface area contributed by atoms with Gasteiger partial charge in [-0.1, -0.05) is 12.1 Å². The van der Waals surface area contributed by atoms with Crippen molar-refractivity contribution in [1.29, 1.82) is 0 Å². The zero-order chi connectivity index (χ0) is 17.4. The van der Waals surface area contributed by atoms with E-state index in [1.54, 1.807) is 24.3 Å².